The summed E-state index contributed by atoms with van der Waals surface area (Å²) in [5.74, 6) is 1.94. The lowest BCUT2D eigenvalue weighted by Crippen LogP contribution is -2.17. The number of thioether (sulfide) groups is 1. The molecule has 3 heterocycles. The molecule has 0 spiro atoms. The molecule has 0 radical (unpaired) electrons. The minimum atomic E-state index is -0.175. The summed E-state index contributed by atoms with van der Waals surface area (Å²) in [5, 5.41) is 9.16. The monoisotopic (exact) mass is 322 g/mol. The van der Waals surface area contributed by atoms with Crippen LogP contribution in [0.25, 0.3) is 10.6 Å². The molecular formula is C13H14N4O2S2. The molecule has 0 amide bonds. The Balaban J connectivity index is 1.70. The number of H-pyrrole nitrogens is 1. The quantitative estimate of drug-likeness (QED) is 0.706. The first-order valence-electron chi connectivity index (χ1n) is 6.54. The van der Waals surface area contributed by atoms with Crippen molar-refractivity contribution in [2.45, 2.75) is 30.8 Å². The third-order valence-electron chi connectivity index (χ3n) is 2.81. The molecule has 8 heteroatoms. The van der Waals surface area contributed by atoms with E-state index in [1.807, 2.05) is 24.4 Å². The summed E-state index contributed by atoms with van der Waals surface area (Å²) in [6, 6.07) is 3.97. The Labute approximate surface area is 129 Å². The highest BCUT2D eigenvalue weighted by molar-refractivity contribution is 7.98. The zero-order chi connectivity index (χ0) is 14.7. The second-order valence-electron chi connectivity index (χ2n) is 4.35. The van der Waals surface area contributed by atoms with Gasteiger partial charge >= 0.3 is 5.69 Å². The molecule has 1 N–H and O–H groups in total. The Bertz CT molecular complexity index is 757. The van der Waals surface area contributed by atoms with Crippen molar-refractivity contribution in [2.75, 3.05) is 0 Å². The van der Waals surface area contributed by atoms with Crippen LogP contribution in [-0.2, 0) is 12.3 Å². The maximum absolute atomic E-state index is 11.6. The summed E-state index contributed by atoms with van der Waals surface area (Å²) in [6.07, 6.45) is 2.61. The summed E-state index contributed by atoms with van der Waals surface area (Å²) >= 11 is 3.05. The maximum Gasteiger partial charge on any atom is 0.343 e. The molecule has 3 aromatic heterocycles. The van der Waals surface area contributed by atoms with Crippen molar-refractivity contribution in [1.29, 1.82) is 0 Å². The van der Waals surface area contributed by atoms with Crippen LogP contribution in [0, 0.1) is 0 Å². The molecule has 0 unspecified atom stereocenters. The maximum atomic E-state index is 11.6. The fourth-order valence-electron chi connectivity index (χ4n) is 1.87. The lowest BCUT2D eigenvalue weighted by Gasteiger charge is -2.01. The van der Waals surface area contributed by atoms with E-state index < -0.39 is 0 Å². The van der Waals surface area contributed by atoms with Gasteiger partial charge in [-0.2, -0.15) is 0 Å². The lowest BCUT2D eigenvalue weighted by molar-refractivity contribution is 0.530. The average Bonchev–Trinajstić information content (AvgIpc) is 3.19. The Hall–Kier alpha value is -1.80. The molecule has 0 atom stereocenters. The van der Waals surface area contributed by atoms with Crippen LogP contribution >= 0.6 is 23.1 Å². The Morgan fingerprint density at radius 2 is 2.43 bits per heavy atom. The zero-order valence-corrected chi connectivity index (χ0v) is 13.0. The van der Waals surface area contributed by atoms with Gasteiger partial charge in [0.05, 0.1) is 16.8 Å². The fourth-order valence-corrected chi connectivity index (χ4v) is 3.37. The van der Waals surface area contributed by atoms with Crippen molar-refractivity contribution in [1.82, 2.24) is 19.7 Å². The van der Waals surface area contributed by atoms with Crippen molar-refractivity contribution in [2.24, 2.45) is 0 Å². The van der Waals surface area contributed by atoms with Crippen molar-refractivity contribution >= 4 is 23.1 Å². The van der Waals surface area contributed by atoms with Gasteiger partial charge in [0.1, 0.15) is 0 Å². The molecule has 0 aromatic carbocycles. The van der Waals surface area contributed by atoms with Crippen molar-refractivity contribution < 1.29 is 4.42 Å². The highest BCUT2D eigenvalue weighted by atomic mass is 32.2. The van der Waals surface area contributed by atoms with Gasteiger partial charge in [0.15, 0.2) is 10.9 Å². The summed E-state index contributed by atoms with van der Waals surface area (Å²) in [5.41, 5.74) is -0.175. The van der Waals surface area contributed by atoms with E-state index in [1.165, 1.54) is 11.8 Å². The van der Waals surface area contributed by atoms with Crippen LogP contribution in [0.15, 0.2) is 38.1 Å². The molecule has 3 rings (SSSR count). The number of nitrogens with zero attached hydrogens (tertiary/aromatic N) is 3. The van der Waals surface area contributed by atoms with E-state index in [2.05, 4.69) is 15.2 Å². The van der Waals surface area contributed by atoms with Gasteiger partial charge in [-0.1, -0.05) is 24.8 Å². The molecule has 0 bridgehead atoms. The molecule has 6 nitrogen and oxygen atoms in total. The van der Waals surface area contributed by atoms with E-state index in [1.54, 1.807) is 22.1 Å². The summed E-state index contributed by atoms with van der Waals surface area (Å²) in [7, 11) is 0. The van der Waals surface area contributed by atoms with Crippen LogP contribution < -0.4 is 5.69 Å². The third-order valence-corrected chi connectivity index (χ3v) is 4.66. The predicted molar refractivity (Wildman–Crippen MR) is 82.5 cm³/mol. The summed E-state index contributed by atoms with van der Waals surface area (Å²) in [6.45, 7) is 2.68. The van der Waals surface area contributed by atoms with Gasteiger partial charge < -0.3 is 4.42 Å². The highest BCUT2D eigenvalue weighted by Gasteiger charge is 2.11. The Kier molecular flexibility index (Phi) is 4.26. The first kappa shape index (κ1) is 14.2. The van der Waals surface area contributed by atoms with E-state index >= 15 is 0 Å². The number of thiophene rings is 1. The van der Waals surface area contributed by atoms with Gasteiger partial charge in [-0.3, -0.25) is 4.57 Å². The second-order valence-corrected chi connectivity index (χ2v) is 6.24. The van der Waals surface area contributed by atoms with E-state index in [-0.39, 0.29) is 5.69 Å². The van der Waals surface area contributed by atoms with Gasteiger partial charge in [0.2, 0.25) is 5.89 Å². The first-order valence-corrected chi connectivity index (χ1v) is 8.41. The van der Waals surface area contributed by atoms with Gasteiger partial charge in [-0.25, -0.2) is 14.9 Å². The van der Waals surface area contributed by atoms with Gasteiger partial charge in [0, 0.05) is 6.54 Å². The molecule has 0 aliphatic carbocycles. The molecule has 0 aliphatic rings. The molecular weight excluding hydrogens is 308 g/mol. The van der Waals surface area contributed by atoms with Crippen LogP contribution in [0.4, 0.5) is 0 Å². The molecule has 0 saturated heterocycles. The van der Waals surface area contributed by atoms with Crippen molar-refractivity contribution in [3.8, 4) is 10.6 Å². The number of hydrogen-bond donors (Lipinski definition) is 1. The van der Waals surface area contributed by atoms with Gasteiger partial charge in [-0.15, -0.1) is 16.4 Å². The fraction of sp³-hybridized carbons (Fsp3) is 0.308. The number of hydrogen-bond acceptors (Lipinski definition) is 6. The minimum absolute atomic E-state index is 0.175. The smallest absolute Gasteiger partial charge is 0.343 e. The van der Waals surface area contributed by atoms with Crippen LogP contribution in [0.5, 0.6) is 0 Å². The summed E-state index contributed by atoms with van der Waals surface area (Å²) in [4.78, 5) is 16.9. The molecule has 0 saturated carbocycles. The third kappa shape index (κ3) is 3.11. The minimum Gasteiger partial charge on any atom is -0.439 e. The number of oxazole rings is 1. The molecule has 0 fully saturated rings. The van der Waals surface area contributed by atoms with Gasteiger partial charge in [-0.05, 0) is 17.9 Å². The number of rotatable bonds is 6. The van der Waals surface area contributed by atoms with Crippen molar-refractivity contribution in [3.05, 3.63) is 40.1 Å². The van der Waals surface area contributed by atoms with E-state index in [0.717, 1.165) is 17.1 Å². The number of aromatic amines is 1. The van der Waals surface area contributed by atoms with Crippen LogP contribution in [0.3, 0.4) is 0 Å². The van der Waals surface area contributed by atoms with E-state index in [9.17, 15) is 4.79 Å². The molecule has 21 heavy (non-hydrogen) atoms. The average molecular weight is 322 g/mol. The lowest BCUT2D eigenvalue weighted by atomic mass is 10.4. The van der Waals surface area contributed by atoms with Crippen molar-refractivity contribution in [3.63, 3.8) is 0 Å². The topological polar surface area (TPSA) is 76.7 Å². The Morgan fingerprint density at radius 1 is 1.52 bits per heavy atom. The van der Waals surface area contributed by atoms with E-state index in [4.69, 9.17) is 4.42 Å². The number of aromatic nitrogens is 4. The van der Waals surface area contributed by atoms with Gasteiger partial charge in [0.25, 0.3) is 0 Å². The Morgan fingerprint density at radius 3 is 3.19 bits per heavy atom. The van der Waals surface area contributed by atoms with E-state index in [0.29, 0.717) is 23.3 Å². The zero-order valence-electron chi connectivity index (χ0n) is 11.4. The molecule has 0 aliphatic heterocycles. The first-order chi connectivity index (χ1) is 10.3. The molecule has 110 valence electrons. The standard InChI is InChI=1S/C13H14N4O2S2/c1-2-5-17-12(18)15-16-13(17)21-8-11-14-7-9(19-11)10-4-3-6-20-10/h3-4,6-7H,2,5,8H2,1H3,(H,15,18). The highest BCUT2D eigenvalue weighted by Crippen LogP contribution is 2.27. The van der Waals surface area contributed by atoms with Crippen LogP contribution in [0.1, 0.15) is 19.2 Å². The van der Waals surface area contributed by atoms with Crippen LogP contribution in [0.2, 0.25) is 0 Å². The normalized spacial score (nSPS) is 11.1. The SMILES string of the molecule is CCCn1c(SCc2ncc(-c3cccs3)o2)n[nH]c1=O. The number of nitrogens with one attached hydrogen (secondary N) is 1. The largest absolute Gasteiger partial charge is 0.439 e. The summed E-state index contributed by atoms with van der Waals surface area (Å²) < 4.78 is 7.34. The predicted octanol–water partition coefficient (Wildman–Crippen LogP) is 2.99. The van der Waals surface area contributed by atoms with Crippen LogP contribution in [-0.4, -0.2) is 19.7 Å². The second kappa shape index (κ2) is 6.31. The molecule has 3 aromatic rings.